The molecule has 0 bridgehead atoms. The van der Waals surface area contributed by atoms with Gasteiger partial charge in [0.15, 0.2) is 0 Å². The van der Waals surface area contributed by atoms with Crippen LogP contribution in [0.4, 0.5) is 0 Å². The fourth-order valence-electron chi connectivity index (χ4n) is 1.37. The zero-order chi connectivity index (χ0) is 11.4. The molecule has 0 saturated heterocycles. The largest absolute Gasteiger partial charge is 0.271 e. The second-order valence-corrected chi connectivity index (χ2v) is 3.78. The molecular formula is C12H11ClN2O. The molecule has 0 radical (unpaired) electrons. The van der Waals surface area contributed by atoms with Crippen LogP contribution in [0.3, 0.4) is 0 Å². The number of rotatable bonds is 3. The van der Waals surface area contributed by atoms with E-state index < -0.39 is 5.38 Å². The predicted molar refractivity (Wildman–Crippen MR) is 63.8 cm³/mol. The topological polar surface area (TPSA) is 34.0 Å². The standard InChI is InChI=1S/C12H11ClN2O/c13-11(10-6-2-1-3-7-10)12(16)14-15-8-4-5-9-15/h1-9,11H,(H,14,16). The van der Waals surface area contributed by atoms with Crippen LogP contribution in [0.15, 0.2) is 54.9 Å². The van der Waals surface area contributed by atoms with Crippen molar-refractivity contribution in [3.8, 4) is 0 Å². The van der Waals surface area contributed by atoms with E-state index in [0.717, 1.165) is 5.56 Å². The molecule has 16 heavy (non-hydrogen) atoms. The SMILES string of the molecule is O=C(Nn1cccc1)C(Cl)c1ccccc1. The highest BCUT2D eigenvalue weighted by Crippen LogP contribution is 2.20. The van der Waals surface area contributed by atoms with E-state index >= 15 is 0 Å². The van der Waals surface area contributed by atoms with Crippen molar-refractivity contribution in [3.05, 3.63) is 60.4 Å². The van der Waals surface area contributed by atoms with Gasteiger partial charge in [-0.3, -0.25) is 14.9 Å². The molecule has 1 amide bonds. The fraction of sp³-hybridized carbons (Fsp3) is 0.0833. The van der Waals surface area contributed by atoms with Crippen LogP contribution in [-0.4, -0.2) is 10.6 Å². The van der Waals surface area contributed by atoms with Crippen LogP contribution in [0.1, 0.15) is 10.9 Å². The van der Waals surface area contributed by atoms with Gasteiger partial charge in [0, 0.05) is 12.4 Å². The van der Waals surface area contributed by atoms with Crippen LogP contribution >= 0.6 is 11.6 Å². The van der Waals surface area contributed by atoms with Gasteiger partial charge in [-0.15, -0.1) is 11.6 Å². The first-order valence-electron chi connectivity index (χ1n) is 4.90. The fourth-order valence-corrected chi connectivity index (χ4v) is 1.56. The van der Waals surface area contributed by atoms with Gasteiger partial charge in [-0.25, -0.2) is 0 Å². The second kappa shape index (κ2) is 4.86. The summed E-state index contributed by atoms with van der Waals surface area (Å²) < 4.78 is 1.57. The molecule has 0 saturated carbocycles. The molecule has 1 aromatic carbocycles. The quantitative estimate of drug-likeness (QED) is 0.814. The number of nitrogens with zero attached hydrogens (tertiary/aromatic N) is 1. The zero-order valence-corrected chi connectivity index (χ0v) is 9.26. The van der Waals surface area contributed by atoms with Crippen LogP contribution in [0.2, 0.25) is 0 Å². The van der Waals surface area contributed by atoms with Crippen molar-refractivity contribution in [2.75, 3.05) is 5.43 Å². The number of amides is 1. The highest BCUT2D eigenvalue weighted by Gasteiger charge is 2.16. The maximum atomic E-state index is 11.7. The molecule has 1 unspecified atom stereocenters. The third-order valence-corrected chi connectivity index (χ3v) is 2.62. The van der Waals surface area contributed by atoms with E-state index in [2.05, 4.69) is 5.43 Å². The molecule has 0 aliphatic rings. The van der Waals surface area contributed by atoms with E-state index in [1.807, 2.05) is 42.5 Å². The van der Waals surface area contributed by atoms with Crippen molar-refractivity contribution in [1.82, 2.24) is 4.68 Å². The predicted octanol–water partition coefficient (Wildman–Crippen LogP) is 2.54. The molecule has 2 aromatic rings. The Hall–Kier alpha value is -1.74. The summed E-state index contributed by atoms with van der Waals surface area (Å²) in [6, 6.07) is 12.9. The number of hydrogen-bond acceptors (Lipinski definition) is 1. The van der Waals surface area contributed by atoms with Gasteiger partial charge in [-0.2, -0.15) is 0 Å². The van der Waals surface area contributed by atoms with Gasteiger partial charge in [0.1, 0.15) is 5.38 Å². The lowest BCUT2D eigenvalue weighted by molar-refractivity contribution is -0.116. The minimum absolute atomic E-state index is 0.246. The summed E-state index contributed by atoms with van der Waals surface area (Å²) in [6.07, 6.45) is 3.49. The number of carbonyl (C=O) groups excluding carboxylic acids is 1. The molecule has 0 aliphatic heterocycles. The molecule has 1 atom stereocenters. The van der Waals surface area contributed by atoms with Gasteiger partial charge in [-0.05, 0) is 17.7 Å². The van der Waals surface area contributed by atoms with Gasteiger partial charge in [0.2, 0.25) is 0 Å². The normalized spacial score (nSPS) is 12.1. The lowest BCUT2D eigenvalue weighted by Gasteiger charge is -2.11. The van der Waals surface area contributed by atoms with Gasteiger partial charge in [-0.1, -0.05) is 30.3 Å². The molecule has 1 heterocycles. The monoisotopic (exact) mass is 234 g/mol. The summed E-state index contributed by atoms with van der Waals surface area (Å²) in [5.41, 5.74) is 3.45. The van der Waals surface area contributed by atoms with Crippen molar-refractivity contribution in [3.63, 3.8) is 0 Å². The first-order valence-corrected chi connectivity index (χ1v) is 5.34. The summed E-state index contributed by atoms with van der Waals surface area (Å²) in [6.45, 7) is 0. The van der Waals surface area contributed by atoms with Crippen LogP contribution in [-0.2, 0) is 4.79 Å². The Morgan fingerprint density at radius 2 is 1.75 bits per heavy atom. The second-order valence-electron chi connectivity index (χ2n) is 3.34. The summed E-state index contributed by atoms with van der Waals surface area (Å²) in [7, 11) is 0. The molecule has 82 valence electrons. The Morgan fingerprint density at radius 3 is 2.38 bits per heavy atom. The van der Waals surface area contributed by atoms with Gasteiger partial charge in [0.05, 0.1) is 0 Å². The van der Waals surface area contributed by atoms with Crippen molar-refractivity contribution >= 4 is 17.5 Å². The smallest absolute Gasteiger partial charge is 0.261 e. The van der Waals surface area contributed by atoms with Crippen LogP contribution in [0.5, 0.6) is 0 Å². The summed E-state index contributed by atoms with van der Waals surface area (Å²) in [5, 5.41) is -0.677. The summed E-state index contributed by atoms with van der Waals surface area (Å²) in [5.74, 6) is -0.246. The number of nitrogens with one attached hydrogen (secondary N) is 1. The Balaban J connectivity index is 2.05. The first kappa shape index (κ1) is 10.8. The minimum atomic E-state index is -0.677. The molecule has 0 aliphatic carbocycles. The molecule has 2 rings (SSSR count). The average Bonchev–Trinajstić information content (AvgIpc) is 2.82. The lowest BCUT2D eigenvalue weighted by atomic mass is 10.1. The number of aromatic nitrogens is 1. The highest BCUT2D eigenvalue weighted by molar-refractivity contribution is 6.31. The summed E-state index contributed by atoms with van der Waals surface area (Å²) in [4.78, 5) is 11.7. The van der Waals surface area contributed by atoms with Crippen LogP contribution < -0.4 is 5.43 Å². The van der Waals surface area contributed by atoms with Gasteiger partial charge < -0.3 is 0 Å². The average molecular weight is 235 g/mol. The number of halogens is 1. The first-order chi connectivity index (χ1) is 7.77. The Bertz CT molecular complexity index is 453. The molecule has 1 aromatic heterocycles. The van der Waals surface area contributed by atoms with E-state index in [-0.39, 0.29) is 5.91 Å². The van der Waals surface area contributed by atoms with E-state index in [4.69, 9.17) is 11.6 Å². The molecule has 3 nitrogen and oxygen atoms in total. The third-order valence-electron chi connectivity index (χ3n) is 2.17. The van der Waals surface area contributed by atoms with Crippen molar-refractivity contribution in [2.45, 2.75) is 5.38 Å². The number of hydrogen-bond donors (Lipinski definition) is 1. The van der Waals surface area contributed by atoms with E-state index in [1.54, 1.807) is 17.1 Å². The van der Waals surface area contributed by atoms with Crippen molar-refractivity contribution in [2.24, 2.45) is 0 Å². The minimum Gasteiger partial charge on any atom is -0.271 e. The molecule has 1 N–H and O–H groups in total. The Labute approximate surface area is 98.6 Å². The van der Waals surface area contributed by atoms with Crippen LogP contribution in [0, 0.1) is 0 Å². The van der Waals surface area contributed by atoms with Crippen molar-refractivity contribution < 1.29 is 4.79 Å². The number of alkyl halides is 1. The van der Waals surface area contributed by atoms with E-state index in [1.165, 1.54) is 0 Å². The van der Waals surface area contributed by atoms with E-state index in [9.17, 15) is 4.79 Å². The molecule has 0 spiro atoms. The Morgan fingerprint density at radius 1 is 1.12 bits per heavy atom. The van der Waals surface area contributed by atoms with Crippen LogP contribution in [0.25, 0.3) is 0 Å². The lowest BCUT2D eigenvalue weighted by Crippen LogP contribution is -2.24. The maximum absolute atomic E-state index is 11.7. The molecule has 4 heteroatoms. The zero-order valence-electron chi connectivity index (χ0n) is 8.51. The third kappa shape index (κ3) is 2.44. The Kier molecular flexibility index (Phi) is 3.27. The van der Waals surface area contributed by atoms with Crippen molar-refractivity contribution in [1.29, 1.82) is 0 Å². The number of carbonyl (C=O) groups is 1. The number of benzene rings is 1. The maximum Gasteiger partial charge on any atom is 0.261 e. The van der Waals surface area contributed by atoms with E-state index in [0.29, 0.717) is 0 Å². The van der Waals surface area contributed by atoms with Gasteiger partial charge >= 0.3 is 0 Å². The highest BCUT2D eigenvalue weighted by atomic mass is 35.5. The van der Waals surface area contributed by atoms with Gasteiger partial charge in [0.25, 0.3) is 5.91 Å². The summed E-state index contributed by atoms with van der Waals surface area (Å²) >= 11 is 6.05. The molecule has 0 fully saturated rings. The molecular weight excluding hydrogens is 224 g/mol.